The van der Waals surface area contributed by atoms with Crippen LogP contribution in [0.4, 0.5) is 5.69 Å². The zero-order valence-corrected chi connectivity index (χ0v) is 10.3. The number of H-pyrrole nitrogens is 1. The normalized spacial score (nSPS) is 13.2. The van der Waals surface area contributed by atoms with Crippen LogP contribution in [0, 0.1) is 0 Å². The van der Waals surface area contributed by atoms with Gasteiger partial charge in [-0.1, -0.05) is 17.3 Å². The summed E-state index contributed by atoms with van der Waals surface area (Å²) in [5.41, 5.74) is 0.400. The predicted octanol–water partition coefficient (Wildman–Crippen LogP) is 0.0202. The fourth-order valence-electron chi connectivity index (χ4n) is 1.48. The molecule has 4 N–H and O–H groups in total. The van der Waals surface area contributed by atoms with Crippen LogP contribution in [0.5, 0.6) is 0 Å². The molecule has 0 fully saturated rings. The van der Waals surface area contributed by atoms with Crippen LogP contribution in [0.3, 0.4) is 0 Å². The van der Waals surface area contributed by atoms with Crippen molar-refractivity contribution in [3.8, 4) is 0 Å². The molecular weight excluding hydrogens is 256 g/mol. The zero-order valence-electron chi connectivity index (χ0n) is 9.53. The number of nitrogens with two attached hydrogens (primary N) is 1. The van der Waals surface area contributed by atoms with Crippen molar-refractivity contribution in [2.75, 3.05) is 5.32 Å². The van der Waals surface area contributed by atoms with E-state index in [0.717, 1.165) is 0 Å². The molecule has 0 saturated carbocycles. The Hall–Kier alpha value is -2.00. The number of rotatable bonds is 4. The molecule has 0 bridgehead atoms. The number of tetrazole rings is 1. The molecule has 1 heterocycles. The van der Waals surface area contributed by atoms with Gasteiger partial charge in [-0.2, -0.15) is 5.21 Å². The summed E-state index contributed by atoms with van der Waals surface area (Å²) in [6.07, 6.45) is 0. The van der Waals surface area contributed by atoms with Crippen LogP contribution in [0.15, 0.2) is 29.2 Å². The van der Waals surface area contributed by atoms with Crippen LogP contribution < -0.4 is 10.5 Å². The highest BCUT2D eigenvalue weighted by Crippen LogP contribution is 2.23. The van der Waals surface area contributed by atoms with E-state index in [2.05, 4.69) is 25.9 Å². The van der Waals surface area contributed by atoms with Gasteiger partial charge in [0, 0.05) is 0 Å². The topological polar surface area (TPSA) is 127 Å². The van der Waals surface area contributed by atoms with E-state index < -0.39 is 10.0 Å². The molecule has 0 aliphatic heterocycles. The Balaban J connectivity index is 2.30. The zero-order chi connectivity index (χ0) is 13.2. The van der Waals surface area contributed by atoms with Gasteiger partial charge in [0.05, 0.1) is 11.7 Å². The molecule has 0 radical (unpaired) electrons. The van der Waals surface area contributed by atoms with Crippen molar-refractivity contribution in [3.63, 3.8) is 0 Å². The van der Waals surface area contributed by atoms with Crippen LogP contribution in [0.1, 0.15) is 18.8 Å². The second-order valence-electron chi connectivity index (χ2n) is 3.68. The largest absolute Gasteiger partial charge is 0.374 e. The SMILES string of the molecule is CC(Nc1ccccc1S(N)(=O)=O)c1nn[nH]n1. The molecule has 0 spiro atoms. The van der Waals surface area contributed by atoms with Gasteiger partial charge in [0.1, 0.15) is 4.90 Å². The first-order valence-electron chi connectivity index (χ1n) is 5.10. The summed E-state index contributed by atoms with van der Waals surface area (Å²) in [5, 5.41) is 21.5. The number of aromatic nitrogens is 4. The van der Waals surface area contributed by atoms with Gasteiger partial charge in [0.25, 0.3) is 0 Å². The molecule has 18 heavy (non-hydrogen) atoms. The first-order valence-corrected chi connectivity index (χ1v) is 6.65. The number of hydrogen-bond acceptors (Lipinski definition) is 6. The fourth-order valence-corrected chi connectivity index (χ4v) is 2.19. The van der Waals surface area contributed by atoms with E-state index in [9.17, 15) is 8.42 Å². The highest BCUT2D eigenvalue weighted by Gasteiger charge is 2.16. The Morgan fingerprint density at radius 1 is 1.39 bits per heavy atom. The predicted molar refractivity (Wildman–Crippen MR) is 64.0 cm³/mol. The first-order chi connectivity index (χ1) is 8.48. The smallest absolute Gasteiger partial charge is 0.240 e. The quantitative estimate of drug-likeness (QED) is 0.717. The van der Waals surface area contributed by atoms with E-state index in [1.165, 1.54) is 6.07 Å². The number of anilines is 1. The van der Waals surface area contributed by atoms with Gasteiger partial charge >= 0.3 is 0 Å². The fraction of sp³-hybridized carbons (Fsp3) is 0.222. The van der Waals surface area contributed by atoms with Gasteiger partial charge in [0.2, 0.25) is 10.0 Å². The number of hydrogen-bond donors (Lipinski definition) is 3. The van der Waals surface area contributed by atoms with Gasteiger partial charge in [-0.25, -0.2) is 13.6 Å². The van der Waals surface area contributed by atoms with Crippen molar-refractivity contribution in [2.24, 2.45) is 5.14 Å². The molecule has 0 aliphatic carbocycles. The van der Waals surface area contributed by atoms with E-state index in [4.69, 9.17) is 5.14 Å². The average molecular weight is 268 g/mol. The number of para-hydroxylation sites is 1. The lowest BCUT2D eigenvalue weighted by Crippen LogP contribution is -2.16. The number of nitrogens with one attached hydrogen (secondary N) is 2. The highest BCUT2D eigenvalue weighted by molar-refractivity contribution is 7.89. The molecule has 2 rings (SSSR count). The minimum absolute atomic E-state index is 0.0281. The van der Waals surface area contributed by atoms with Crippen LogP contribution in [-0.2, 0) is 10.0 Å². The summed E-state index contributed by atoms with van der Waals surface area (Å²) in [5.74, 6) is 0.430. The number of sulfonamides is 1. The summed E-state index contributed by atoms with van der Waals surface area (Å²) in [4.78, 5) is 0.0281. The maximum Gasteiger partial charge on any atom is 0.240 e. The molecule has 0 saturated heterocycles. The van der Waals surface area contributed by atoms with Gasteiger partial charge in [0.15, 0.2) is 5.82 Å². The molecular formula is C9H12N6O2S. The second-order valence-corrected chi connectivity index (χ2v) is 5.21. The molecule has 0 aliphatic rings. The third-order valence-electron chi connectivity index (χ3n) is 2.31. The minimum Gasteiger partial charge on any atom is -0.374 e. The lowest BCUT2D eigenvalue weighted by atomic mass is 10.2. The van der Waals surface area contributed by atoms with Gasteiger partial charge in [-0.3, -0.25) is 0 Å². The lowest BCUT2D eigenvalue weighted by molar-refractivity contribution is 0.598. The van der Waals surface area contributed by atoms with Crippen molar-refractivity contribution < 1.29 is 8.42 Å². The maximum atomic E-state index is 11.4. The van der Waals surface area contributed by atoms with Crippen molar-refractivity contribution in [3.05, 3.63) is 30.1 Å². The third-order valence-corrected chi connectivity index (χ3v) is 3.28. The van der Waals surface area contributed by atoms with Crippen molar-refractivity contribution in [2.45, 2.75) is 17.9 Å². The van der Waals surface area contributed by atoms with E-state index in [0.29, 0.717) is 11.5 Å². The molecule has 0 amide bonds. The molecule has 9 heteroatoms. The number of aromatic amines is 1. The number of primary sulfonamides is 1. The Kier molecular flexibility index (Phi) is 3.26. The maximum absolute atomic E-state index is 11.4. The first kappa shape index (κ1) is 12.5. The number of nitrogens with zero attached hydrogens (tertiary/aromatic N) is 3. The van der Waals surface area contributed by atoms with E-state index in [1.807, 2.05) is 0 Å². The molecule has 1 aromatic carbocycles. The Morgan fingerprint density at radius 3 is 2.72 bits per heavy atom. The van der Waals surface area contributed by atoms with Crippen molar-refractivity contribution in [1.82, 2.24) is 20.6 Å². The Labute approximate surface area is 104 Å². The standard InChI is InChI=1S/C9H12N6O2S/c1-6(9-12-14-15-13-9)11-7-4-2-3-5-8(7)18(10,16)17/h2-6,11H,1H3,(H2,10,16,17)(H,12,13,14,15). The van der Waals surface area contributed by atoms with Gasteiger partial charge in [-0.05, 0) is 19.1 Å². The van der Waals surface area contributed by atoms with E-state index in [1.54, 1.807) is 25.1 Å². The van der Waals surface area contributed by atoms with Crippen LogP contribution in [0.2, 0.25) is 0 Å². The summed E-state index contributed by atoms with van der Waals surface area (Å²) < 4.78 is 22.8. The summed E-state index contributed by atoms with van der Waals surface area (Å²) in [6, 6.07) is 6.06. The van der Waals surface area contributed by atoms with Crippen molar-refractivity contribution >= 4 is 15.7 Å². The summed E-state index contributed by atoms with van der Waals surface area (Å²) in [7, 11) is -3.77. The van der Waals surface area contributed by atoms with Crippen LogP contribution in [0.25, 0.3) is 0 Å². The Morgan fingerprint density at radius 2 is 2.11 bits per heavy atom. The van der Waals surface area contributed by atoms with Gasteiger partial charge in [-0.15, -0.1) is 10.2 Å². The monoisotopic (exact) mass is 268 g/mol. The molecule has 1 atom stereocenters. The van der Waals surface area contributed by atoms with E-state index >= 15 is 0 Å². The molecule has 1 aromatic heterocycles. The van der Waals surface area contributed by atoms with Crippen LogP contribution in [-0.4, -0.2) is 29.0 Å². The molecule has 96 valence electrons. The second kappa shape index (κ2) is 4.70. The Bertz CT molecular complexity index is 624. The lowest BCUT2D eigenvalue weighted by Gasteiger charge is -2.14. The molecule has 1 unspecified atom stereocenters. The van der Waals surface area contributed by atoms with Crippen LogP contribution >= 0.6 is 0 Å². The highest BCUT2D eigenvalue weighted by atomic mass is 32.2. The summed E-state index contributed by atoms with van der Waals surface area (Å²) >= 11 is 0. The van der Waals surface area contributed by atoms with Gasteiger partial charge < -0.3 is 5.32 Å². The molecule has 2 aromatic rings. The molecule has 8 nitrogen and oxygen atoms in total. The number of benzene rings is 1. The summed E-state index contributed by atoms with van der Waals surface area (Å²) in [6.45, 7) is 1.78. The average Bonchev–Trinajstić information content (AvgIpc) is 2.81. The van der Waals surface area contributed by atoms with Crippen molar-refractivity contribution in [1.29, 1.82) is 0 Å². The minimum atomic E-state index is -3.77. The van der Waals surface area contributed by atoms with E-state index in [-0.39, 0.29) is 10.9 Å². The third kappa shape index (κ3) is 2.63.